The van der Waals surface area contributed by atoms with Crippen molar-refractivity contribution >= 4 is 11.5 Å². The number of nitrogens with two attached hydrogens (primary N) is 2. The van der Waals surface area contributed by atoms with Gasteiger partial charge in [-0.2, -0.15) is 22.0 Å². The molecular formula is C8H9F5N4O. The number of aliphatic imine (C=N–C) groups is 1. The Morgan fingerprint density at radius 3 is 2.00 bits per heavy atom. The van der Waals surface area contributed by atoms with Crippen LogP contribution in [-0.2, 0) is 0 Å². The summed E-state index contributed by atoms with van der Waals surface area (Å²) in [6.07, 6.45) is -4.93. The molecule has 102 valence electrons. The van der Waals surface area contributed by atoms with Crippen molar-refractivity contribution in [3.63, 3.8) is 0 Å². The Kier molecular flexibility index (Phi) is 4.82. The molecule has 0 bridgehead atoms. The second kappa shape index (κ2) is 5.47. The van der Waals surface area contributed by atoms with E-state index in [1.165, 1.54) is 0 Å². The van der Waals surface area contributed by atoms with Crippen molar-refractivity contribution in [2.24, 2.45) is 21.6 Å². The third kappa shape index (κ3) is 3.43. The molecule has 0 heterocycles. The first-order valence-corrected chi connectivity index (χ1v) is 4.16. The molecule has 5 nitrogen and oxygen atoms in total. The van der Waals surface area contributed by atoms with E-state index in [1.54, 1.807) is 0 Å². The van der Waals surface area contributed by atoms with Gasteiger partial charge >= 0.3 is 12.1 Å². The number of halogens is 5. The number of hydrogen-bond acceptors (Lipinski definition) is 4. The molecule has 0 aromatic rings. The SMILES string of the molecule is C=C/N=C(\C=C(/N)C(F)(F)C(F)(F)F)C(/N)=N/O. The first-order valence-electron chi connectivity index (χ1n) is 4.16. The predicted molar refractivity (Wildman–Crippen MR) is 54.3 cm³/mol. The minimum atomic E-state index is -5.86. The quantitative estimate of drug-likeness (QED) is 0.237. The van der Waals surface area contributed by atoms with Crippen LogP contribution in [0.3, 0.4) is 0 Å². The summed E-state index contributed by atoms with van der Waals surface area (Å²) in [6, 6.07) is 0. The number of hydrogen-bond donors (Lipinski definition) is 3. The number of nitrogens with zero attached hydrogens (tertiary/aromatic N) is 2. The van der Waals surface area contributed by atoms with Crippen LogP contribution in [0, 0.1) is 0 Å². The topological polar surface area (TPSA) is 97.0 Å². The van der Waals surface area contributed by atoms with E-state index in [1.807, 2.05) is 0 Å². The van der Waals surface area contributed by atoms with Crippen molar-refractivity contribution in [2.75, 3.05) is 0 Å². The Bertz CT molecular complexity index is 410. The Hall–Kier alpha value is -2.13. The van der Waals surface area contributed by atoms with Crippen LogP contribution in [0.5, 0.6) is 0 Å². The molecular weight excluding hydrogens is 263 g/mol. The summed E-state index contributed by atoms with van der Waals surface area (Å²) in [4.78, 5) is 3.24. The van der Waals surface area contributed by atoms with Crippen LogP contribution in [0.1, 0.15) is 0 Å². The summed E-state index contributed by atoms with van der Waals surface area (Å²) < 4.78 is 61.4. The fraction of sp³-hybridized carbons (Fsp3) is 0.250. The lowest BCUT2D eigenvalue weighted by Crippen LogP contribution is -2.42. The third-order valence-corrected chi connectivity index (χ3v) is 1.61. The fourth-order valence-electron chi connectivity index (χ4n) is 0.729. The minimum absolute atomic E-state index is 0.143. The van der Waals surface area contributed by atoms with Gasteiger partial charge in [0, 0.05) is 6.20 Å². The summed E-state index contributed by atoms with van der Waals surface area (Å²) >= 11 is 0. The zero-order chi connectivity index (χ0) is 14.6. The Balaban J connectivity index is 5.55. The summed E-state index contributed by atoms with van der Waals surface area (Å²) in [5.41, 5.74) is 7.11. The molecule has 0 radical (unpaired) electrons. The molecule has 0 fully saturated rings. The highest BCUT2D eigenvalue weighted by Crippen LogP contribution is 2.38. The monoisotopic (exact) mass is 272 g/mol. The van der Waals surface area contributed by atoms with Crippen molar-refractivity contribution in [1.29, 1.82) is 0 Å². The van der Waals surface area contributed by atoms with Crippen molar-refractivity contribution in [1.82, 2.24) is 0 Å². The van der Waals surface area contributed by atoms with E-state index in [9.17, 15) is 22.0 Å². The molecule has 0 aliphatic rings. The van der Waals surface area contributed by atoms with Crippen LogP contribution in [0.15, 0.2) is 34.7 Å². The summed E-state index contributed by atoms with van der Waals surface area (Å²) in [5.74, 6) is -6.05. The van der Waals surface area contributed by atoms with Gasteiger partial charge < -0.3 is 16.7 Å². The van der Waals surface area contributed by atoms with Gasteiger partial charge in [-0.1, -0.05) is 11.7 Å². The van der Waals surface area contributed by atoms with Gasteiger partial charge in [0.25, 0.3) is 0 Å². The number of allylic oxidation sites excluding steroid dienone is 1. The molecule has 0 rings (SSSR count). The molecule has 5 N–H and O–H groups in total. The van der Waals surface area contributed by atoms with Gasteiger partial charge in [0.2, 0.25) is 0 Å². The number of rotatable bonds is 4. The molecule has 0 spiro atoms. The van der Waals surface area contributed by atoms with Crippen molar-refractivity contribution in [3.8, 4) is 0 Å². The number of alkyl halides is 5. The average molecular weight is 272 g/mol. The Morgan fingerprint density at radius 2 is 1.67 bits per heavy atom. The third-order valence-electron chi connectivity index (χ3n) is 1.61. The van der Waals surface area contributed by atoms with E-state index in [-0.39, 0.29) is 6.08 Å². The molecule has 18 heavy (non-hydrogen) atoms. The van der Waals surface area contributed by atoms with E-state index < -0.39 is 29.3 Å². The van der Waals surface area contributed by atoms with Crippen molar-refractivity contribution in [3.05, 3.63) is 24.6 Å². The predicted octanol–water partition coefficient (Wildman–Crippen LogP) is 1.36. The molecule has 0 aliphatic heterocycles. The van der Waals surface area contributed by atoms with Crippen LogP contribution < -0.4 is 11.5 Å². The zero-order valence-electron chi connectivity index (χ0n) is 8.75. The van der Waals surface area contributed by atoms with E-state index in [0.29, 0.717) is 0 Å². The Labute approximate surface area is 98.0 Å². The van der Waals surface area contributed by atoms with E-state index in [4.69, 9.17) is 10.9 Å². The highest BCUT2D eigenvalue weighted by molar-refractivity contribution is 6.45. The van der Waals surface area contributed by atoms with Crippen molar-refractivity contribution < 1.29 is 27.2 Å². The van der Waals surface area contributed by atoms with Gasteiger partial charge in [0.05, 0.1) is 5.70 Å². The highest BCUT2D eigenvalue weighted by atomic mass is 19.4. The molecule has 0 aliphatic carbocycles. The minimum Gasteiger partial charge on any atom is -0.409 e. The number of amidine groups is 1. The van der Waals surface area contributed by atoms with Crippen LogP contribution in [0.25, 0.3) is 0 Å². The molecule has 10 heteroatoms. The van der Waals surface area contributed by atoms with E-state index >= 15 is 0 Å². The molecule has 0 unspecified atom stereocenters. The average Bonchev–Trinajstić information content (AvgIpc) is 2.25. The summed E-state index contributed by atoms with van der Waals surface area (Å²) in [6.45, 7) is 3.08. The molecule has 0 amide bonds. The fourth-order valence-corrected chi connectivity index (χ4v) is 0.729. The maximum absolute atomic E-state index is 12.7. The summed E-state index contributed by atoms with van der Waals surface area (Å²) in [5, 5.41) is 10.7. The molecule has 0 aromatic heterocycles. The first-order chi connectivity index (χ1) is 8.07. The summed E-state index contributed by atoms with van der Waals surface area (Å²) in [7, 11) is 0. The lowest BCUT2D eigenvalue weighted by Gasteiger charge is -2.19. The van der Waals surface area contributed by atoms with Gasteiger partial charge in [-0.25, -0.2) is 0 Å². The second-order valence-electron chi connectivity index (χ2n) is 2.85. The maximum Gasteiger partial charge on any atom is 0.459 e. The van der Waals surface area contributed by atoms with Crippen LogP contribution in [0.4, 0.5) is 22.0 Å². The first kappa shape index (κ1) is 15.9. The van der Waals surface area contributed by atoms with Crippen LogP contribution >= 0.6 is 0 Å². The van der Waals surface area contributed by atoms with Gasteiger partial charge in [-0.05, 0) is 6.08 Å². The second-order valence-corrected chi connectivity index (χ2v) is 2.85. The maximum atomic E-state index is 12.7. The zero-order valence-corrected chi connectivity index (χ0v) is 8.75. The lowest BCUT2D eigenvalue weighted by atomic mass is 10.2. The van der Waals surface area contributed by atoms with Gasteiger partial charge in [-0.3, -0.25) is 4.99 Å². The normalized spacial score (nSPS) is 15.7. The van der Waals surface area contributed by atoms with Crippen LogP contribution in [-0.4, -0.2) is 28.9 Å². The largest absolute Gasteiger partial charge is 0.459 e. The van der Waals surface area contributed by atoms with E-state index in [2.05, 4.69) is 22.5 Å². The number of oxime groups is 1. The van der Waals surface area contributed by atoms with E-state index in [0.717, 1.165) is 6.20 Å². The van der Waals surface area contributed by atoms with Gasteiger partial charge in [0.15, 0.2) is 5.84 Å². The van der Waals surface area contributed by atoms with Gasteiger partial charge in [-0.15, -0.1) is 0 Å². The highest BCUT2D eigenvalue weighted by Gasteiger charge is 2.59. The Morgan fingerprint density at radius 1 is 1.17 bits per heavy atom. The van der Waals surface area contributed by atoms with Gasteiger partial charge in [0.1, 0.15) is 5.71 Å². The lowest BCUT2D eigenvalue weighted by molar-refractivity contribution is -0.264. The molecule has 0 saturated carbocycles. The molecule has 0 aromatic carbocycles. The van der Waals surface area contributed by atoms with Crippen molar-refractivity contribution in [2.45, 2.75) is 12.1 Å². The smallest absolute Gasteiger partial charge is 0.409 e. The standard InChI is InChI=1S/C8H9F5N4O/c1-2-16-4(6(15)17-18)3-5(14)7(9,10)8(11,12)13/h2-3,18H,1,14H2,(H2,15,17)/b5-3-,16-4+. The molecule has 0 saturated heterocycles. The van der Waals surface area contributed by atoms with Crippen LogP contribution in [0.2, 0.25) is 0 Å². The molecule has 0 atom stereocenters.